The Bertz CT molecular complexity index is 840. The molecular weight excluding hydrogens is 330 g/mol. The van der Waals surface area contributed by atoms with Gasteiger partial charge in [0.05, 0.1) is 17.6 Å². The molecule has 0 amide bonds. The molecule has 1 saturated heterocycles. The van der Waals surface area contributed by atoms with Crippen LogP contribution in [-0.4, -0.2) is 61.0 Å². The summed E-state index contributed by atoms with van der Waals surface area (Å²) in [5, 5.41) is 30.7. The van der Waals surface area contributed by atoms with E-state index in [1.807, 2.05) is 0 Å². The molecule has 1 aliphatic heterocycles. The second-order valence-electron chi connectivity index (χ2n) is 5.83. The van der Waals surface area contributed by atoms with Crippen molar-refractivity contribution in [2.75, 3.05) is 19.1 Å². The van der Waals surface area contributed by atoms with Gasteiger partial charge in [-0.3, -0.25) is 5.73 Å². The number of hydrogen-bond acceptors (Lipinski definition) is 9. The van der Waals surface area contributed by atoms with Gasteiger partial charge >= 0.3 is 0 Å². The second-order valence-corrected chi connectivity index (χ2v) is 5.83. The average Bonchev–Trinajstić information content (AvgIpc) is 3.05. The van der Waals surface area contributed by atoms with Crippen molar-refractivity contribution < 1.29 is 24.8 Å². The van der Waals surface area contributed by atoms with Crippen LogP contribution in [0.2, 0.25) is 0 Å². The van der Waals surface area contributed by atoms with E-state index in [4.69, 9.17) is 20.9 Å². The van der Waals surface area contributed by atoms with Gasteiger partial charge in [0.2, 0.25) is 0 Å². The molecule has 0 bridgehead atoms. The molecule has 2 aromatic heterocycles. The molecule has 1 aliphatic rings. The summed E-state index contributed by atoms with van der Waals surface area (Å²) in [5.74, 6) is 2.95. The summed E-state index contributed by atoms with van der Waals surface area (Å²) in [5.41, 5.74) is 10.3. The number of aromatic nitrogens is 3. The van der Waals surface area contributed by atoms with Crippen LogP contribution in [-0.2, 0) is 9.47 Å². The van der Waals surface area contributed by atoms with Crippen molar-refractivity contribution in [2.24, 2.45) is 5.73 Å². The van der Waals surface area contributed by atoms with E-state index in [9.17, 15) is 15.3 Å². The minimum atomic E-state index is -1.67. The molecule has 0 aromatic carbocycles. The van der Waals surface area contributed by atoms with E-state index in [0.717, 1.165) is 0 Å². The standard InChI is InChI=1S/C15H19N5O5/c1-15(23)11(22)9(5-21)25-14(15)20-4-8(2-3-24-6-16)10-12(17)18-7-19-13(10)20/h4,7,9,11,14,21-23H,5-6,16H2,1H3,(H2,17,18,19)/t9?,11-,14?,15?/m1/s1. The molecule has 0 aliphatic carbocycles. The molecule has 0 saturated carbocycles. The van der Waals surface area contributed by atoms with Gasteiger partial charge in [-0.2, -0.15) is 0 Å². The van der Waals surface area contributed by atoms with Gasteiger partial charge in [-0.25, -0.2) is 9.97 Å². The number of nitrogen functional groups attached to an aromatic ring is 1. The Hall–Kier alpha value is -2.42. The lowest BCUT2D eigenvalue weighted by Gasteiger charge is -2.27. The Morgan fingerprint density at radius 2 is 2.24 bits per heavy atom. The lowest BCUT2D eigenvalue weighted by Crippen LogP contribution is -2.44. The van der Waals surface area contributed by atoms with Crippen molar-refractivity contribution in [3.05, 3.63) is 18.1 Å². The number of aliphatic hydroxyl groups excluding tert-OH is 2. The van der Waals surface area contributed by atoms with E-state index in [2.05, 4.69) is 22.0 Å². The first-order valence-corrected chi connectivity index (χ1v) is 7.52. The van der Waals surface area contributed by atoms with Gasteiger partial charge in [0.1, 0.15) is 48.4 Å². The topological polar surface area (TPSA) is 162 Å². The third-order valence-electron chi connectivity index (χ3n) is 4.17. The molecule has 7 N–H and O–H groups in total. The first-order chi connectivity index (χ1) is 11.9. The fraction of sp³-hybridized carbons (Fsp3) is 0.467. The number of rotatable bonds is 3. The quantitative estimate of drug-likeness (QED) is 0.320. The zero-order valence-electron chi connectivity index (χ0n) is 13.5. The lowest BCUT2D eigenvalue weighted by atomic mass is 9.96. The molecule has 1 fully saturated rings. The van der Waals surface area contributed by atoms with Crippen molar-refractivity contribution >= 4 is 16.9 Å². The first-order valence-electron chi connectivity index (χ1n) is 7.52. The van der Waals surface area contributed by atoms with Gasteiger partial charge in [-0.15, -0.1) is 0 Å². The molecular formula is C15H19N5O5. The molecule has 25 heavy (non-hydrogen) atoms. The monoisotopic (exact) mass is 349 g/mol. The summed E-state index contributed by atoms with van der Waals surface area (Å²) in [6, 6.07) is 0. The fourth-order valence-electron chi connectivity index (χ4n) is 2.90. The Labute approximate surface area is 143 Å². The highest BCUT2D eigenvalue weighted by atomic mass is 16.6. The molecule has 4 atom stereocenters. The van der Waals surface area contributed by atoms with E-state index < -0.39 is 30.6 Å². The number of nitrogens with two attached hydrogens (primary N) is 2. The van der Waals surface area contributed by atoms with Crippen LogP contribution < -0.4 is 11.5 Å². The summed E-state index contributed by atoms with van der Waals surface area (Å²) < 4.78 is 11.9. The molecule has 10 heteroatoms. The van der Waals surface area contributed by atoms with Gasteiger partial charge in [0.15, 0.2) is 6.23 Å². The Morgan fingerprint density at radius 3 is 2.88 bits per heavy atom. The minimum absolute atomic E-state index is 0.0670. The maximum Gasteiger partial charge on any atom is 0.167 e. The van der Waals surface area contributed by atoms with Crippen molar-refractivity contribution in [1.29, 1.82) is 0 Å². The molecule has 2 aromatic rings. The highest BCUT2D eigenvalue weighted by Crippen LogP contribution is 2.40. The highest BCUT2D eigenvalue weighted by Gasteiger charge is 2.53. The van der Waals surface area contributed by atoms with E-state index in [0.29, 0.717) is 16.6 Å². The van der Waals surface area contributed by atoms with Crippen LogP contribution in [0.5, 0.6) is 0 Å². The fourth-order valence-corrected chi connectivity index (χ4v) is 2.90. The summed E-state index contributed by atoms with van der Waals surface area (Å²) >= 11 is 0. The number of fused-ring (bicyclic) bond motifs is 1. The molecule has 3 rings (SSSR count). The van der Waals surface area contributed by atoms with Gasteiger partial charge in [0, 0.05) is 6.20 Å². The SMILES string of the molecule is CC1(O)C(n2cc(C#COCN)c3c(N)ncnc32)OC(CO)[C@H]1O. The van der Waals surface area contributed by atoms with Gasteiger partial charge in [0.25, 0.3) is 0 Å². The summed E-state index contributed by atoms with van der Waals surface area (Å²) in [4.78, 5) is 8.13. The van der Waals surface area contributed by atoms with Gasteiger partial charge in [-0.1, -0.05) is 0 Å². The molecule has 10 nitrogen and oxygen atoms in total. The Morgan fingerprint density at radius 1 is 1.48 bits per heavy atom. The largest absolute Gasteiger partial charge is 0.431 e. The molecule has 134 valence electrons. The van der Waals surface area contributed by atoms with Gasteiger partial charge in [-0.05, 0) is 12.8 Å². The van der Waals surface area contributed by atoms with Crippen LogP contribution in [0.4, 0.5) is 5.82 Å². The van der Waals surface area contributed by atoms with Crippen molar-refractivity contribution in [3.8, 4) is 12.0 Å². The average molecular weight is 349 g/mol. The Balaban J connectivity index is 2.15. The minimum Gasteiger partial charge on any atom is -0.431 e. The van der Waals surface area contributed by atoms with Gasteiger partial charge < -0.3 is 35.1 Å². The lowest BCUT2D eigenvalue weighted by molar-refractivity contribution is -0.0948. The zero-order chi connectivity index (χ0) is 18.2. The third kappa shape index (κ3) is 2.78. The van der Waals surface area contributed by atoms with E-state index >= 15 is 0 Å². The summed E-state index contributed by atoms with van der Waals surface area (Å²) in [6.07, 6.45) is 2.03. The predicted octanol–water partition coefficient (Wildman–Crippen LogP) is -1.74. The van der Waals surface area contributed by atoms with E-state index in [-0.39, 0.29) is 12.5 Å². The van der Waals surface area contributed by atoms with Crippen LogP contribution in [0, 0.1) is 12.0 Å². The second kappa shape index (κ2) is 6.47. The van der Waals surface area contributed by atoms with Crippen molar-refractivity contribution in [1.82, 2.24) is 14.5 Å². The van der Waals surface area contributed by atoms with Crippen LogP contribution in [0.1, 0.15) is 18.7 Å². The van der Waals surface area contributed by atoms with Crippen molar-refractivity contribution in [3.63, 3.8) is 0 Å². The summed E-state index contributed by atoms with van der Waals surface area (Å²) in [7, 11) is 0. The number of ether oxygens (including phenoxy) is 2. The van der Waals surface area contributed by atoms with Crippen LogP contribution in [0.3, 0.4) is 0 Å². The predicted molar refractivity (Wildman–Crippen MR) is 86.6 cm³/mol. The zero-order valence-corrected chi connectivity index (χ0v) is 13.5. The third-order valence-corrected chi connectivity index (χ3v) is 4.17. The molecule has 3 unspecified atom stereocenters. The highest BCUT2D eigenvalue weighted by molar-refractivity contribution is 5.92. The molecule has 0 radical (unpaired) electrons. The maximum atomic E-state index is 10.7. The normalized spacial score (nSPS) is 28.8. The first kappa shape index (κ1) is 17.4. The number of nitrogens with zero attached hydrogens (tertiary/aromatic N) is 3. The summed E-state index contributed by atoms with van der Waals surface area (Å²) in [6.45, 7) is 0.904. The molecule has 3 heterocycles. The number of aliphatic hydroxyl groups is 3. The van der Waals surface area contributed by atoms with E-state index in [1.165, 1.54) is 17.8 Å². The van der Waals surface area contributed by atoms with Crippen molar-refractivity contribution in [2.45, 2.75) is 31.0 Å². The van der Waals surface area contributed by atoms with Crippen LogP contribution in [0.25, 0.3) is 11.0 Å². The van der Waals surface area contributed by atoms with E-state index in [1.54, 1.807) is 6.20 Å². The maximum absolute atomic E-state index is 10.7. The Kier molecular flexibility index (Phi) is 4.51. The number of hydrogen-bond donors (Lipinski definition) is 5. The number of anilines is 1. The van der Waals surface area contributed by atoms with Crippen LogP contribution >= 0.6 is 0 Å². The smallest absolute Gasteiger partial charge is 0.167 e. The van der Waals surface area contributed by atoms with Crippen LogP contribution in [0.15, 0.2) is 12.5 Å². The molecule has 0 spiro atoms.